The number of aromatic nitrogens is 2. The number of hydrogen-bond acceptors (Lipinski definition) is 4. The Labute approximate surface area is 142 Å². The molecule has 0 aliphatic carbocycles. The van der Waals surface area contributed by atoms with Gasteiger partial charge in [-0.25, -0.2) is 9.18 Å². The largest absolute Gasteiger partial charge is 0.444 e. The van der Waals surface area contributed by atoms with Crippen molar-refractivity contribution in [3.63, 3.8) is 0 Å². The maximum absolute atomic E-state index is 13.7. The second kappa shape index (κ2) is 7.00. The lowest BCUT2D eigenvalue weighted by Crippen LogP contribution is -2.41. The molecule has 0 amide bonds. The van der Waals surface area contributed by atoms with Gasteiger partial charge < -0.3 is 4.74 Å². The average Bonchev–Trinajstić information content (AvgIpc) is 2.49. The molecule has 0 atom stereocenters. The van der Waals surface area contributed by atoms with Gasteiger partial charge in [-0.15, -0.1) is 0 Å². The van der Waals surface area contributed by atoms with Crippen molar-refractivity contribution < 1.29 is 13.9 Å². The van der Waals surface area contributed by atoms with Gasteiger partial charge in [0.25, 0.3) is 5.56 Å². The molecule has 1 aromatic carbocycles. The van der Waals surface area contributed by atoms with Crippen molar-refractivity contribution in [3.05, 3.63) is 56.1 Å². The normalized spacial score (nSPS) is 10.9. The number of ether oxygens (including phenoxy) is 1. The average molecular weight is 355 g/mol. The smallest absolute Gasteiger partial charge is 0.333 e. The van der Waals surface area contributed by atoms with Crippen LogP contribution in [0.5, 0.6) is 0 Å². The van der Waals surface area contributed by atoms with E-state index in [1.165, 1.54) is 31.3 Å². The number of hydrogen-bond donors (Lipinski definition) is 0. The highest BCUT2D eigenvalue weighted by molar-refractivity contribution is 6.33. The molecule has 0 aliphatic heterocycles. The zero-order chi connectivity index (χ0) is 18.0. The van der Waals surface area contributed by atoms with Gasteiger partial charge in [-0.3, -0.25) is 18.7 Å². The molecular formula is C16H16ClFN2O4. The molecule has 8 heteroatoms. The van der Waals surface area contributed by atoms with Crippen LogP contribution < -0.4 is 11.2 Å². The summed E-state index contributed by atoms with van der Waals surface area (Å²) in [7, 11) is 0. The van der Waals surface area contributed by atoms with Crippen LogP contribution in [-0.4, -0.2) is 15.1 Å². The maximum Gasteiger partial charge on any atom is 0.333 e. The molecule has 0 spiro atoms. The van der Waals surface area contributed by atoms with Crippen LogP contribution in [0.1, 0.15) is 26.8 Å². The van der Waals surface area contributed by atoms with Gasteiger partial charge >= 0.3 is 11.7 Å². The summed E-state index contributed by atoms with van der Waals surface area (Å²) in [5.74, 6) is -1.25. The Morgan fingerprint density at radius 2 is 1.96 bits per heavy atom. The first-order valence-corrected chi connectivity index (χ1v) is 7.55. The first-order valence-electron chi connectivity index (χ1n) is 7.17. The zero-order valence-corrected chi connectivity index (χ0v) is 14.1. The van der Waals surface area contributed by atoms with Crippen LogP contribution in [-0.2, 0) is 16.3 Å². The van der Waals surface area contributed by atoms with Crippen molar-refractivity contribution in [1.29, 1.82) is 0 Å². The molecule has 0 unspecified atom stereocenters. The number of esters is 1. The number of carbonyl (C=O) groups is 1. The molecule has 0 aliphatic rings. The number of rotatable bonds is 4. The molecule has 1 aromatic heterocycles. The van der Waals surface area contributed by atoms with Gasteiger partial charge in [0.1, 0.15) is 5.82 Å². The van der Waals surface area contributed by atoms with Crippen molar-refractivity contribution >= 4 is 17.6 Å². The first kappa shape index (κ1) is 17.9. The SMILES string of the molecule is CC(=O)OCn1cc(-c2cccc(F)c2Cl)c(=O)n(C(C)C)c1=O. The highest BCUT2D eigenvalue weighted by Crippen LogP contribution is 2.27. The topological polar surface area (TPSA) is 70.3 Å². The van der Waals surface area contributed by atoms with Crippen LogP contribution in [0.3, 0.4) is 0 Å². The van der Waals surface area contributed by atoms with Crippen LogP contribution in [0.25, 0.3) is 11.1 Å². The second-order valence-electron chi connectivity index (χ2n) is 5.43. The van der Waals surface area contributed by atoms with E-state index in [9.17, 15) is 18.8 Å². The fourth-order valence-corrected chi connectivity index (χ4v) is 2.45. The highest BCUT2D eigenvalue weighted by Gasteiger charge is 2.18. The summed E-state index contributed by atoms with van der Waals surface area (Å²) in [6.45, 7) is 4.17. The van der Waals surface area contributed by atoms with E-state index in [0.717, 1.165) is 9.13 Å². The third kappa shape index (κ3) is 3.41. The summed E-state index contributed by atoms with van der Waals surface area (Å²) in [5.41, 5.74) is -1.03. The minimum Gasteiger partial charge on any atom is -0.444 e. The Kier molecular flexibility index (Phi) is 5.23. The van der Waals surface area contributed by atoms with Crippen molar-refractivity contribution in [2.45, 2.75) is 33.5 Å². The summed E-state index contributed by atoms with van der Waals surface area (Å²) in [4.78, 5) is 36.0. The summed E-state index contributed by atoms with van der Waals surface area (Å²) in [5, 5.41) is -0.220. The van der Waals surface area contributed by atoms with Crippen LogP contribution >= 0.6 is 11.6 Å². The molecule has 0 saturated heterocycles. The van der Waals surface area contributed by atoms with Crippen LogP contribution in [0.15, 0.2) is 34.0 Å². The van der Waals surface area contributed by atoms with Gasteiger partial charge in [0.2, 0.25) is 0 Å². The number of carbonyl (C=O) groups excluding carboxylic acids is 1. The molecule has 6 nitrogen and oxygen atoms in total. The molecule has 0 fully saturated rings. The van der Waals surface area contributed by atoms with E-state index in [-0.39, 0.29) is 22.9 Å². The lowest BCUT2D eigenvalue weighted by molar-refractivity contribution is -0.144. The summed E-state index contributed by atoms with van der Waals surface area (Å²) >= 11 is 5.96. The predicted octanol–water partition coefficient (Wildman–Crippen LogP) is 2.57. The lowest BCUT2D eigenvalue weighted by Gasteiger charge is -2.16. The van der Waals surface area contributed by atoms with Crippen molar-refractivity contribution in [2.24, 2.45) is 0 Å². The molecule has 128 valence electrons. The quantitative estimate of drug-likeness (QED) is 0.791. The third-order valence-electron chi connectivity index (χ3n) is 3.35. The Hall–Kier alpha value is -2.41. The summed E-state index contributed by atoms with van der Waals surface area (Å²) < 4.78 is 20.6. The van der Waals surface area contributed by atoms with Crippen molar-refractivity contribution in [2.75, 3.05) is 0 Å². The number of benzene rings is 1. The van der Waals surface area contributed by atoms with E-state index in [1.807, 2.05) is 0 Å². The predicted molar refractivity (Wildman–Crippen MR) is 87.5 cm³/mol. The van der Waals surface area contributed by atoms with Crippen LogP contribution in [0, 0.1) is 5.82 Å². The Bertz CT molecular complexity index is 902. The van der Waals surface area contributed by atoms with Crippen LogP contribution in [0.4, 0.5) is 4.39 Å². The minimum absolute atomic E-state index is 0.0416. The van der Waals surface area contributed by atoms with Gasteiger partial charge in [0.05, 0.1) is 10.6 Å². The zero-order valence-electron chi connectivity index (χ0n) is 13.4. The van der Waals surface area contributed by atoms with Gasteiger partial charge in [-0.1, -0.05) is 23.7 Å². The standard InChI is InChI=1S/C16H16ClFN2O4/c1-9(2)20-15(22)12(11-5-4-6-13(18)14(11)17)7-19(16(20)23)8-24-10(3)21/h4-7,9H,8H2,1-3H3. The molecule has 0 bridgehead atoms. The Morgan fingerprint density at radius 3 is 2.54 bits per heavy atom. The molecule has 2 aromatic rings. The molecule has 1 heterocycles. The lowest BCUT2D eigenvalue weighted by atomic mass is 10.1. The van der Waals surface area contributed by atoms with E-state index < -0.39 is 29.1 Å². The molecule has 0 N–H and O–H groups in total. The van der Waals surface area contributed by atoms with E-state index in [0.29, 0.717) is 0 Å². The van der Waals surface area contributed by atoms with Gasteiger partial charge in [0.15, 0.2) is 6.73 Å². The Balaban J connectivity index is 2.76. The molecule has 24 heavy (non-hydrogen) atoms. The molecule has 0 radical (unpaired) electrons. The van der Waals surface area contributed by atoms with E-state index in [2.05, 4.69) is 0 Å². The van der Waals surface area contributed by atoms with Crippen LogP contribution in [0.2, 0.25) is 5.02 Å². The minimum atomic E-state index is -0.678. The van der Waals surface area contributed by atoms with Crippen molar-refractivity contribution in [3.8, 4) is 11.1 Å². The first-order chi connectivity index (χ1) is 11.2. The molecule has 0 saturated carbocycles. The fourth-order valence-electron chi connectivity index (χ4n) is 2.23. The van der Waals surface area contributed by atoms with Gasteiger partial charge in [0, 0.05) is 24.7 Å². The summed E-state index contributed by atoms with van der Waals surface area (Å²) in [6, 6.07) is 3.62. The highest BCUT2D eigenvalue weighted by atomic mass is 35.5. The molecule has 2 rings (SSSR count). The van der Waals surface area contributed by atoms with Gasteiger partial charge in [-0.2, -0.15) is 0 Å². The maximum atomic E-state index is 13.7. The van der Waals surface area contributed by atoms with Gasteiger partial charge in [-0.05, 0) is 19.9 Å². The Morgan fingerprint density at radius 1 is 1.29 bits per heavy atom. The number of nitrogens with zero attached hydrogens (tertiary/aromatic N) is 2. The van der Waals surface area contributed by atoms with E-state index >= 15 is 0 Å². The van der Waals surface area contributed by atoms with E-state index in [1.54, 1.807) is 13.8 Å². The third-order valence-corrected chi connectivity index (χ3v) is 3.74. The van der Waals surface area contributed by atoms with E-state index in [4.69, 9.17) is 16.3 Å². The van der Waals surface area contributed by atoms with Crippen molar-refractivity contribution in [1.82, 2.24) is 9.13 Å². The second-order valence-corrected chi connectivity index (χ2v) is 5.81. The number of halogens is 2. The monoisotopic (exact) mass is 354 g/mol. The summed E-state index contributed by atoms with van der Waals surface area (Å²) in [6.07, 6.45) is 1.22. The molecular weight excluding hydrogens is 339 g/mol. The fraction of sp³-hybridized carbons (Fsp3) is 0.312.